The van der Waals surface area contributed by atoms with Crippen LogP contribution in [0.25, 0.3) is 0 Å². The summed E-state index contributed by atoms with van der Waals surface area (Å²) in [5.41, 5.74) is -1.42. The lowest BCUT2D eigenvalue weighted by molar-refractivity contribution is -0.148. The van der Waals surface area contributed by atoms with E-state index in [9.17, 15) is 22.8 Å². The van der Waals surface area contributed by atoms with Crippen LogP contribution in [-0.2, 0) is 4.79 Å². The first kappa shape index (κ1) is 16.5. The quantitative estimate of drug-likeness (QED) is 0.806. The van der Waals surface area contributed by atoms with Gasteiger partial charge in [-0.1, -0.05) is 0 Å². The third-order valence-electron chi connectivity index (χ3n) is 3.02. The molecule has 1 heterocycles. The molecule has 0 aromatic heterocycles. The number of halogens is 3. The lowest BCUT2D eigenvalue weighted by Gasteiger charge is -2.36. The Kier molecular flexibility index (Phi) is 4.85. The summed E-state index contributed by atoms with van der Waals surface area (Å²) in [6, 6.07) is -0.580. The zero-order chi connectivity index (χ0) is 15.6. The van der Waals surface area contributed by atoms with E-state index in [4.69, 9.17) is 5.11 Å². The largest absolute Gasteiger partial charge is 0.480 e. The normalized spacial score (nSPS) is 17.9. The Hall–Kier alpha value is -1.51. The van der Waals surface area contributed by atoms with Gasteiger partial charge in [0.15, 0.2) is 0 Å². The van der Waals surface area contributed by atoms with Crippen molar-refractivity contribution in [1.29, 1.82) is 0 Å². The highest BCUT2D eigenvalue weighted by atomic mass is 19.4. The van der Waals surface area contributed by atoms with Crippen LogP contribution in [0.4, 0.5) is 18.0 Å². The molecule has 1 aliphatic heterocycles. The van der Waals surface area contributed by atoms with Crippen molar-refractivity contribution in [2.24, 2.45) is 0 Å². The highest BCUT2D eigenvalue weighted by Gasteiger charge is 2.35. The number of carboxylic acids is 1. The topological polar surface area (TPSA) is 72.9 Å². The fraction of sp³-hybridized carbons (Fsp3) is 0.818. The molecular formula is C11H18F3N3O3. The second-order valence-electron chi connectivity index (χ2n) is 5.24. The molecule has 0 saturated carbocycles. The maximum atomic E-state index is 12.2. The molecule has 1 fully saturated rings. The molecule has 1 saturated heterocycles. The Morgan fingerprint density at radius 2 is 1.65 bits per heavy atom. The first-order valence-electron chi connectivity index (χ1n) is 6.11. The first-order chi connectivity index (χ1) is 9.01. The first-order valence-corrected chi connectivity index (χ1v) is 6.11. The van der Waals surface area contributed by atoms with Gasteiger partial charge in [-0.2, -0.15) is 13.2 Å². The van der Waals surface area contributed by atoms with Gasteiger partial charge in [-0.15, -0.1) is 0 Å². The maximum absolute atomic E-state index is 12.2. The summed E-state index contributed by atoms with van der Waals surface area (Å²) >= 11 is 0. The van der Waals surface area contributed by atoms with Gasteiger partial charge in [0, 0.05) is 26.2 Å². The van der Waals surface area contributed by atoms with Gasteiger partial charge in [0.2, 0.25) is 0 Å². The van der Waals surface area contributed by atoms with Crippen LogP contribution in [0.2, 0.25) is 0 Å². The Morgan fingerprint density at radius 1 is 1.15 bits per heavy atom. The van der Waals surface area contributed by atoms with Gasteiger partial charge in [-0.3, -0.25) is 4.90 Å². The van der Waals surface area contributed by atoms with Gasteiger partial charge in [-0.25, -0.2) is 9.59 Å². The fourth-order valence-electron chi connectivity index (χ4n) is 1.76. The van der Waals surface area contributed by atoms with Crippen molar-refractivity contribution in [3.63, 3.8) is 0 Å². The van der Waals surface area contributed by atoms with Crippen LogP contribution in [0.1, 0.15) is 13.8 Å². The highest BCUT2D eigenvalue weighted by molar-refractivity contribution is 5.85. The number of nitrogens with zero attached hydrogens (tertiary/aromatic N) is 2. The summed E-state index contributed by atoms with van der Waals surface area (Å²) in [7, 11) is 0. The van der Waals surface area contributed by atoms with Crippen molar-refractivity contribution in [3.8, 4) is 0 Å². The van der Waals surface area contributed by atoms with E-state index in [0.717, 1.165) is 0 Å². The molecule has 116 valence electrons. The van der Waals surface area contributed by atoms with Gasteiger partial charge in [0.05, 0.1) is 6.54 Å². The molecule has 6 nitrogen and oxygen atoms in total. The summed E-state index contributed by atoms with van der Waals surface area (Å²) in [6.45, 7) is 2.18. The fourth-order valence-corrected chi connectivity index (χ4v) is 1.76. The van der Waals surface area contributed by atoms with E-state index in [2.05, 4.69) is 5.32 Å². The van der Waals surface area contributed by atoms with Gasteiger partial charge >= 0.3 is 18.2 Å². The monoisotopic (exact) mass is 297 g/mol. The molecule has 0 spiro atoms. The van der Waals surface area contributed by atoms with Gasteiger partial charge in [0.1, 0.15) is 5.54 Å². The summed E-state index contributed by atoms with van der Waals surface area (Å²) < 4.78 is 36.6. The van der Waals surface area contributed by atoms with E-state index in [1.54, 1.807) is 0 Å². The molecule has 1 rings (SSSR count). The standard InChI is InChI=1S/C11H18F3N3O3/c1-10(2,8(18)19)15-9(20)17-5-3-16(4-6-17)7-11(12,13)14/h3-7H2,1-2H3,(H,15,20)(H,18,19). The maximum Gasteiger partial charge on any atom is 0.401 e. The molecule has 0 atom stereocenters. The number of amides is 2. The van der Waals surface area contributed by atoms with E-state index >= 15 is 0 Å². The van der Waals surface area contributed by atoms with E-state index in [0.29, 0.717) is 0 Å². The Morgan fingerprint density at radius 3 is 2.05 bits per heavy atom. The molecular weight excluding hydrogens is 279 g/mol. The van der Waals surface area contributed by atoms with E-state index in [1.807, 2.05) is 0 Å². The lowest BCUT2D eigenvalue weighted by Crippen LogP contribution is -2.58. The summed E-state index contributed by atoms with van der Waals surface area (Å²) in [5.74, 6) is -1.18. The van der Waals surface area contributed by atoms with Crippen molar-refractivity contribution in [2.75, 3.05) is 32.7 Å². The number of rotatable bonds is 3. The molecule has 0 aromatic rings. The lowest BCUT2D eigenvalue weighted by atomic mass is 10.1. The molecule has 20 heavy (non-hydrogen) atoms. The molecule has 2 amide bonds. The molecule has 2 N–H and O–H groups in total. The number of hydrogen-bond donors (Lipinski definition) is 2. The van der Waals surface area contributed by atoms with Gasteiger partial charge in [-0.05, 0) is 13.8 Å². The Balaban J connectivity index is 2.46. The smallest absolute Gasteiger partial charge is 0.401 e. The Bertz CT molecular complexity index is 377. The average Bonchev–Trinajstić information content (AvgIpc) is 2.26. The molecule has 0 aromatic carbocycles. The van der Waals surface area contributed by atoms with Gasteiger partial charge < -0.3 is 15.3 Å². The van der Waals surface area contributed by atoms with Crippen LogP contribution in [0.3, 0.4) is 0 Å². The van der Waals surface area contributed by atoms with E-state index in [1.165, 1.54) is 23.6 Å². The summed E-state index contributed by atoms with van der Waals surface area (Å²) in [5, 5.41) is 11.2. The predicted molar refractivity (Wildman–Crippen MR) is 64.3 cm³/mol. The zero-order valence-corrected chi connectivity index (χ0v) is 11.3. The average molecular weight is 297 g/mol. The molecule has 0 aliphatic carbocycles. The Labute approximate surface area is 114 Å². The SMILES string of the molecule is CC(C)(NC(=O)N1CCN(CC(F)(F)F)CC1)C(=O)O. The minimum atomic E-state index is -4.25. The van der Waals surface area contributed by atoms with Crippen LogP contribution in [0, 0.1) is 0 Å². The van der Waals surface area contributed by atoms with Crippen LogP contribution in [0.5, 0.6) is 0 Å². The van der Waals surface area contributed by atoms with Crippen molar-refractivity contribution in [3.05, 3.63) is 0 Å². The summed E-state index contributed by atoms with van der Waals surface area (Å²) in [4.78, 5) is 25.2. The predicted octanol–water partition coefficient (Wildman–Crippen LogP) is 0.739. The number of hydrogen-bond acceptors (Lipinski definition) is 3. The number of urea groups is 1. The van der Waals surface area contributed by atoms with Crippen LogP contribution < -0.4 is 5.32 Å². The molecule has 0 bridgehead atoms. The van der Waals surface area contributed by atoms with Gasteiger partial charge in [0.25, 0.3) is 0 Å². The highest BCUT2D eigenvalue weighted by Crippen LogP contribution is 2.17. The molecule has 0 radical (unpaired) electrons. The van der Waals surface area contributed by atoms with Crippen molar-refractivity contribution < 1.29 is 27.9 Å². The number of aliphatic carboxylic acids is 1. The minimum absolute atomic E-state index is 0.112. The number of piperazine rings is 1. The number of carbonyl (C=O) groups excluding carboxylic acids is 1. The third kappa shape index (κ3) is 4.87. The second kappa shape index (κ2) is 5.86. The number of alkyl halides is 3. The molecule has 9 heteroatoms. The second-order valence-corrected chi connectivity index (χ2v) is 5.24. The van der Waals surface area contributed by atoms with Crippen molar-refractivity contribution in [2.45, 2.75) is 25.6 Å². The van der Waals surface area contributed by atoms with Crippen LogP contribution in [-0.4, -0.2) is 71.3 Å². The van der Waals surface area contributed by atoms with Crippen molar-refractivity contribution >= 4 is 12.0 Å². The van der Waals surface area contributed by atoms with E-state index in [-0.39, 0.29) is 26.2 Å². The number of carboxylic acid groups (broad SMARTS) is 1. The zero-order valence-electron chi connectivity index (χ0n) is 11.3. The van der Waals surface area contributed by atoms with E-state index < -0.39 is 30.3 Å². The van der Waals surface area contributed by atoms with Crippen molar-refractivity contribution in [1.82, 2.24) is 15.1 Å². The minimum Gasteiger partial charge on any atom is -0.480 e. The summed E-state index contributed by atoms with van der Waals surface area (Å²) in [6.07, 6.45) is -4.25. The van der Waals surface area contributed by atoms with Crippen LogP contribution >= 0.6 is 0 Å². The number of nitrogens with one attached hydrogen (secondary N) is 1. The molecule has 1 aliphatic rings. The van der Waals surface area contributed by atoms with Crippen LogP contribution in [0.15, 0.2) is 0 Å². The number of carbonyl (C=O) groups is 2. The molecule has 0 unspecified atom stereocenters. The third-order valence-corrected chi connectivity index (χ3v) is 3.02.